The number of aliphatic hydroxyl groups excluding tert-OH is 3. The summed E-state index contributed by atoms with van der Waals surface area (Å²) in [5.74, 6) is 0.330. The van der Waals surface area contributed by atoms with E-state index in [4.69, 9.17) is 4.74 Å². The van der Waals surface area contributed by atoms with E-state index in [1.165, 1.54) is 11.0 Å². The van der Waals surface area contributed by atoms with Gasteiger partial charge in [-0.15, -0.1) is 16.4 Å². The Bertz CT molecular complexity index is 1550. The Morgan fingerprint density at radius 2 is 1.92 bits per heavy atom. The number of hydrogen-bond donors (Lipinski definition) is 3. The number of aliphatic hydroxyl groups is 3. The van der Waals surface area contributed by atoms with Crippen LogP contribution < -0.4 is 0 Å². The second kappa shape index (κ2) is 9.67. The zero-order valence-corrected chi connectivity index (χ0v) is 21.9. The number of thiazole rings is 1. The van der Waals surface area contributed by atoms with Crippen LogP contribution in [0.15, 0.2) is 59.5 Å². The summed E-state index contributed by atoms with van der Waals surface area (Å²) in [5, 5.41) is 46.2. The Morgan fingerprint density at radius 3 is 2.70 bits per heavy atom. The van der Waals surface area contributed by atoms with Crippen LogP contribution in [0.1, 0.15) is 23.0 Å². The van der Waals surface area contributed by atoms with E-state index in [1.807, 2.05) is 49.4 Å². The van der Waals surface area contributed by atoms with Gasteiger partial charge in [0.05, 0.1) is 33.7 Å². The van der Waals surface area contributed by atoms with Crippen LogP contribution in [0.2, 0.25) is 0 Å². The lowest BCUT2D eigenvalue weighted by Gasteiger charge is -2.41. The summed E-state index contributed by atoms with van der Waals surface area (Å²) >= 11 is 4.98. The molecule has 0 saturated carbocycles. The van der Waals surface area contributed by atoms with Crippen LogP contribution in [0.5, 0.6) is 0 Å². The SMILES string of the molecule is Cc1nc2ccc(-n3ncnc3[C@@H]3O[C@H](CO)[C@H](O)[C@H](n4cc(-c5ccc(Br)cc5)nn4)[C@H]3O)cc2s1. The number of rotatable bonds is 5. The van der Waals surface area contributed by atoms with Gasteiger partial charge in [0.2, 0.25) is 0 Å². The lowest BCUT2D eigenvalue weighted by molar-refractivity contribution is -0.210. The molecule has 190 valence electrons. The summed E-state index contributed by atoms with van der Waals surface area (Å²) in [6, 6.07) is 12.3. The lowest BCUT2D eigenvalue weighted by atomic mass is 9.92. The van der Waals surface area contributed by atoms with E-state index in [0.717, 1.165) is 30.9 Å². The molecule has 1 aliphatic rings. The highest BCUT2D eigenvalue weighted by Crippen LogP contribution is 2.38. The van der Waals surface area contributed by atoms with Crippen molar-refractivity contribution >= 4 is 37.5 Å². The normalized spacial score (nSPS) is 24.1. The molecule has 3 N–H and O–H groups in total. The molecule has 1 fully saturated rings. The zero-order chi connectivity index (χ0) is 25.7. The fraction of sp³-hybridized carbons (Fsp3) is 0.292. The van der Waals surface area contributed by atoms with E-state index < -0.39 is 37.1 Å². The summed E-state index contributed by atoms with van der Waals surface area (Å²) in [6.45, 7) is 1.49. The number of aryl methyl sites for hydroxylation is 1. The fourth-order valence-corrected chi connectivity index (χ4v) is 5.73. The van der Waals surface area contributed by atoms with Crippen molar-refractivity contribution < 1.29 is 20.1 Å². The maximum absolute atomic E-state index is 11.4. The Labute approximate surface area is 223 Å². The molecule has 6 rings (SSSR count). The summed E-state index contributed by atoms with van der Waals surface area (Å²) in [4.78, 5) is 8.87. The third kappa shape index (κ3) is 4.37. The van der Waals surface area contributed by atoms with Crippen molar-refractivity contribution in [3.05, 3.63) is 70.3 Å². The minimum atomic E-state index is -1.27. The van der Waals surface area contributed by atoms with Gasteiger partial charge >= 0.3 is 0 Å². The number of hydrogen-bond acceptors (Lipinski definition) is 10. The van der Waals surface area contributed by atoms with Gasteiger partial charge in [0.1, 0.15) is 42.5 Å². The van der Waals surface area contributed by atoms with Crippen LogP contribution in [0.3, 0.4) is 0 Å². The quantitative estimate of drug-likeness (QED) is 0.284. The number of halogens is 1. The lowest BCUT2D eigenvalue weighted by Crippen LogP contribution is -2.53. The van der Waals surface area contributed by atoms with Crippen molar-refractivity contribution in [3.63, 3.8) is 0 Å². The highest BCUT2D eigenvalue weighted by molar-refractivity contribution is 9.10. The third-order valence-electron chi connectivity index (χ3n) is 6.40. The first-order chi connectivity index (χ1) is 17.9. The van der Waals surface area contributed by atoms with E-state index >= 15 is 0 Å². The van der Waals surface area contributed by atoms with Gasteiger partial charge in [-0.1, -0.05) is 33.3 Å². The zero-order valence-electron chi connectivity index (χ0n) is 19.5. The molecule has 11 nitrogen and oxygen atoms in total. The standard InChI is InChI=1S/C24H22BrN7O4S/c1-12-28-16-7-6-15(8-19(16)37-12)32-24(26-11-27-32)23-22(35)20(21(34)18(10-33)36-23)31-9-17(29-30-31)13-2-4-14(25)5-3-13/h2-9,11,18,20-23,33-35H,10H2,1H3/t18-,20+,21+,22-,23-/m1/s1. The van der Waals surface area contributed by atoms with Gasteiger partial charge in [-0.2, -0.15) is 5.10 Å². The fourth-order valence-electron chi connectivity index (χ4n) is 4.61. The highest BCUT2D eigenvalue weighted by atomic mass is 79.9. The first-order valence-electron chi connectivity index (χ1n) is 11.5. The number of aromatic nitrogens is 7. The molecule has 0 aliphatic carbocycles. The third-order valence-corrected chi connectivity index (χ3v) is 7.86. The molecule has 13 heteroatoms. The topological polar surface area (TPSA) is 144 Å². The van der Waals surface area contributed by atoms with Gasteiger partial charge in [0, 0.05) is 10.0 Å². The van der Waals surface area contributed by atoms with Crippen molar-refractivity contribution in [1.82, 2.24) is 34.7 Å². The van der Waals surface area contributed by atoms with E-state index in [0.29, 0.717) is 11.5 Å². The summed E-state index contributed by atoms with van der Waals surface area (Å²) < 4.78 is 10.9. The second-order valence-corrected chi connectivity index (χ2v) is 10.9. The van der Waals surface area contributed by atoms with E-state index in [-0.39, 0.29) is 0 Å². The van der Waals surface area contributed by atoms with Crippen LogP contribution in [-0.4, -0.2) is 75.0 Å². The van der Waals surface area contributed by atoms with Gasteiger partial charge in [0.25, 0.3) is 0 Å². The van der Waals surface area contributed by atoms with Crippen LogP contribution in [0, 0.1) is 6.92 Å². The number of ether oxygens (including phenoxy) is 1. The average Bonchev–Trinajstić information content (AvgIpc) is 3.64. The molecule has 0 spiro atoms. The Morgan fingerprint density at radius 1 is 1.11 bits per heavy atom. The van der Waals surface area contributed by atoms with Crippen molar-refractivity contribution in [2.24, 2.45) is 0 Å². The van der Waals surface area contributed by atoms with Crippen molar-refractivity contribution in [2.45, 2.75) is 37.4 Å². The molecule has 0 radical (unpaired) electrons. The summed E-state index contributed by atoms with van der Waals surface area (Å²) in [5.41, 5.74) is 3.01. The van der Waals surface area contributed by atoms with Gasteiger partial charge in [0.15, 0.2) is 5.82 Å². The molecule has 1 saturated heterocycles. The number of fused-ring (bicyclic) bond motifs is 1. The van der Waals surface area contributed by atoms with E-state index in [9.17, 15) is 15.3 Å². The van der Waals surface area contributed by atoms with Crippen LogP contribution in [0.25, 0.3) is 27.2 Å². The molecule has 0 bridgehead atoms. The monoisotopic (exact) mass is 583 g/mol. The van der Waals surface area contributed by atoms with E-state index in [1.54, 1.807) is 22.2 Å². The summed E-state index contributed by atoms with van der Waals surface area (Å²) in [7, 11) is 0. The second-order valence-electron chi connectivity index (χ2n) is 8.76. The molecule has 0 unspecified atom stereocenters. The Balaban J connectivity index is 1.36. The molecule has 37 heavy (non-hydrogen) atoms. The van der Waals surface area contributed by atoms with Crippen molar-refractivity contribution in [3.8, 4) is 16.9 Å². The number of nitrogens with zero attached hydrogens (tertiary/aromatic N) is 7. The molecule has 2 aromatic carbocycles. The van der Waals surface area contributed by atoms with Crippen LogP contribution in [0.4, 0.5) is 0 Å². The molecule has 3 aromatic heterocycles. The molecule has 5 atom stereocenters. The first-order valence-corrected chi connectivity index (χ1v) is 13.1. The molecule has 5 aromatic rings. The first kappa shape index (κ1) is 24.3. The number of benzene rings is 2. The van der Waals surface area contributed by atoms with Crippen molar-refractivity contribution in [1.29, 1.82) is 0 Å². The molecule has 1 aliphatic heterocycles. The smallest absolute Gasteiger partial charge is 0.163 e. The molecule has 4 heterocycles. The minimum Gasteiger partial charge on any atom is -0.394 e. The average molecular weight is 584 g/mol. The maximum Gasteiger partial charge on any atom is 0.163 e. The largest absolute Gasteiger partial charge is 0.394 e. The van der Waals surface area contributed by atoms with Gasteiger partial charge in [-0.3, -0.25) is 0 Å². The Kier molecular flexibility index (Phi) is 6.34. The van der Waals surface area contributed by atoms with E-state index in [2.05, 4.69) is 41.3 Å². The Hall–Kier alpha value is -3.07. The van der Waals surface area contributed by atoms with Crippen molar-refractivity contribution in [2.75, 3.05) is 6.61 Å². The predicted octanol–water partition coefficient (Wildman–Crippen LogP) is 2.60. The van der Waals surface area contributed by atoms with Crippen LogP contribution in [-0.2, 0) is 4.74 Å². The van der Waals surface area contributed by atoms with Crippen LogP contribution >= 0.6 is 27.3 Å². The maximum atomic E-state index is 11.4. The predicted molar refractivity (Wildman–Crippen MR) is 138 cm³/mol. The molecular weight excluding hydrogens is 562 g/mol. The van der Waals surface area contributed by atoms with Gasteiger partial charge in [-0.25, -0.2) is 19.3 Å². The molecule has 0 amide bonds. The minimum absolute atomic E-state index is 0.330. The molecular formula is C24H22BrN7O4S. The highest BCUT2D eigenvalue weighted by Gasteiger charge is 2.48. The van der Waals surface area contributed by atoms with Gasteiger partial charge in [-0.05, 0) is 37.3 Å². The van der Waals surface area contributed by atoms with Gasteiger partial charge < -0.3 is 20.1 Å². The summed E-state index contributed by atoms with van der Waals surface area (Å²) in [6.07, 6.45) is -1.48.